The Kier molecular flexibility index (Phi) is 5.42. The molecule has 152 valence electrons. The van der Waals surface area contributed by atoms with Crippen molar-refractivity contribution in [3.05, 3.63) is 66.1 Å². The van der Waals surface area contributed by atoms with Gasteiger partial charge in [0.25, 0.3) is 0 Å². The first-order chi connectivity index (χ1) is 13.9. The van der Waals surface area contributed by atoms with Gasteiger partial charge in [-0.15, -0.1) is 0 Å². The molecule has 2 aromatic heterocycles. The minimum absolute atomic E-state index is 0.129. The van der Waals surface area contributed by atoms with E-state index in [1.807, 2.05) is 22.9 Å². The van der Waals surface area contributed by atoms with Crippen LogP contribution in [0.25, 0.3) is 11.3 Å². The van der Waals surface area contributed by atoms with Gasteiger partial charge >= 0.3 is 0 Å². The smallest absolute Gasteiger partial charge is 0.243 e. The van der Waals surface area contributed by atoms with Gasteiger partial charge in [0.15, 0.2) is 0 Å². The lowest BCUT2D eigenvalue weighted by molar-refractivity contribution is 0.467. The van der Waals surface area contributed by atoms with E-state index in [0.717, 1.165) is 49.1 Å². The Morgan fingerprint density at radius 2 is 1.79 bits per heavy atom. The summed E-state index contributed by atoms with van der Waals surface area (Å²) >= 11 is 0. The van der Waals surface area contributed by atoms with Gasteiger partial charge in [-0.05, 0) is 49.2 Å². The molecule has 0 amide bonds. The van der Waals surface area contributed by atoms with Crippen LogP contribution in [0, 0.1) is 11.6 Å². The second-order valence-electron chi connectivity index (χ2n) is 7.04. The van der Waals surface area contributed by atoms with Crippen LogP contribution >= 0.6 is 0 Å². The highest BCUT2D eigenvalue weighted by Gasteiger charge is 2.24. The predicted molar refractivity (Wildman–Crippen MR) is 103 cm³/mol. The first-order valence-electron chi connectivity index (χ1n) is 9.37. The fourth-order valence-corrected chi connectivity index (χ4v) is 4.71. The molecule has 1 aliphatic carbocycles. The lowest BCUT2D eigenvalue weighted by Gasteiger charge is -2.14. The zero-order chi connectivity index (χ0) is 20.4. The molecule has 1 N–H and O–H groups in total. The molecule has 0 spiro atoms. The number of hydrogen-bond acceptors (Lipinski definition) is 4. The molecule has 1 aliphatic rings. The Morgan fingerprint density at radius 3 is 2.52 bits per heavy atom. The van der Waals surface area contributed by atoms with Gasteiger partial charge in [0.05, 0.1) is 24.0 Å². The van der Waals surface area contributed by atoms with E-state index >= 15 is 0 Å². The fourth-order valence-electron chi connectivity index (χ4n) is 3.63. The first-order valence-corrected chi connectivity index (χ1v) is 10.9. The molecule has 3 aromatic rings. The lowest BCUT2D eigenvalue weighted by atomic mass is 10.1. The summed E-state index contributed by atoms with van der Waals surface area (Å²) in [6, 6.07) is 8.15. The maximum Gasteiger partial charge on any atom is 0.243 e. The van der Waals surface area contributed by atoms with Crippen molar-refractivity contribution in [1.82, 2.24) is 19.5 Å². The van der Waals surface area contributed by atoms with Crippen molar-refractivity contribution in [2.75, 3.05) is 0 Å². The largest absolute Gasteiger partial charge is 0.265 e. The van der Waals surface area contributed by atoms with Crippen molar-refractivity contribution in [2.45, 2.75) is 43.2 Å². The molecular formula is C20H20F2N4O2S. The van der Waals surface area contributed by atoms with Crippen LogP contribution in [0.15, 0.2) is 53.7 Å². The normalized spacial score (nSPS) is 15.1. The molecular weight excluding hydrogens is 398 g/mol. The fraction of sp³-hybridized carbons (Fsp3) is 0.300. The summed E-state index contributed by atoms with van der Waals surface area (Å²) < 4.78 is 56.4. The number of pyridine rings is 1. The number of sulfonamides is 1. The van der Waals surface area contributed by atoms with Gasteiger partial charge in [0.1, 0.15) is 16.5 Å². The molecule has 0 atom stereocenters. The Morgan fingerprint density at radius 1 is 1.07 bits per heavy atom. The maximum absolute atomic E-state index is 13.9. The predicted octanol–water partition coefficient (Wildman–Crippen LogP) is 3.82. The van der Waals surface area contributed by atoms with Crippen molar-refractivity contribution < 1.29 is 17.2 Å². The molecule has 0 radical (unpaired) electrons. The van der Waals surface area contributed by atoms with Gasteiger partial charge in [-0.2, -0.15) is 5.10 Å². The molecule has 0 unspecified atom stereocenters. The highest BCUT2D eigenvalue weighted by Crippen LogP contribution is 2.33. The van der Waals surface area contributed by atoms with Crippen LogP contribution in [0.5, 0.6) is 0 Å². The molecule has 1 aromatic carbocycles. The van der Waals surface area contributed by atoms with Crippen LogP contribution in [-0.4, -0.2) is 23.2 Å². The van der Waals surface area contributed by atoms with Crippen molar-refractivity contribution in [1.29, 1.82) is 0 Å². The number of aromatic nitrogens is 3. The lowest BCUT2D eigenvalue weighted by Crippen LogP contribution is -2.24. The quantitative estimate of drug-likeness (QED) is 0.660. The van der Waals surface area contributed by atoms with E-state index < -0.39 is 26.6 Å². The van der Waals surface area contributed by atoms with E-state index in [0.29, 0.717) is 11.8 Å². The number of benzene rings is 1. The number of nitrogens with zero attached hydrogens (tertiary/aromatic N) is 3. The van der Waals surface area contributed by atoms with E-state index in [2.05, 4.69) is 14.8 Å². The second-order valence-corrected chi connectivity index (χ2v) is 8.77. The van der Waals surface area contributed by atoms with Gasteiger partial charge < -0.3 is 0 Å². The Hall–Kier alpha value is -2.65. The summed E-state index contributed by atoms with van der Waals surface area (Å²) in [6.45, 7) is -0.129. The molecule has 29 heavy (non-hydrogen) atoms. The summed E-state index contributed by atoms with van der Waals surface area (Å²) in [5.41, 5.74) is 2.32. The van der Waals surface area contributed by atoms with Crippen LogP contribution in [0.2, 0.25) is 0 Å². The Labute approximate surface area is 167 Å². The van der Waals surface area contributed by atoms with Gasteiger partial charge in [-0.3, -0.25) is 9.67 Å². The minimum atomic E-state index is -4.22. The number of nitrogens with one attached hydrogen (secondary N) is 1. The summed E-state index contributed by atoms with van der Waals surface area (Å²) in [5, 5.41) is 4.61. The molecule has 0 saturated heterocycles. The SMILES string of the molecule is O=S(=O)(NCc1cc(-c2ccncc2)n(C2CCCC2)n1)c1cc(F)ccc1F. The van der Waals surface area contributed by atoms with E-state index in [1.165, 1.54) is 0 Å². The summed E-state index contributed by atoms with van der Waals surface area (Å²) in [4.78, 5) is 3.31. The van der Waals surface area contributed by atoms with Crippen molar-refractivity contribution >= 4 is 10.0 Å². The first kappa shape index (κ1) is 19.7. The van der Waals surface area contributed by atoms with Crippen LogP contribution in [0.1, 0.15) is 37.4 Å². The molecule has 1 saturated carbocycles. The standard InChI is InChI=1S/C20H20F2N4O2S/c21-15-5-6-18(22)20(11-15)29(27,28)24-13-16-12-19(14-7-9-23-10-8-14)26(25-16)17-3-1-2-4-17/h5-12,17,24H,1-4,13H2. The highest BCUT2D eigenvalue weighted by atomic mass is 32.2. The topological polar surface area (TPSA) is 76.9 Å². The van der Waals surface area contributed by atoms with Gasteiger partial charge in [0, 0.05) is 18.0 Å². The van der Waals surface area contributed by atoms with E-state index in [-0.39, 0.29) is 12.6 Å². The van der Waals surface area contributed by atoms with Crippen molar-refractivity contribution in [3.8, 4) is 11.3 Å². The molecule has 2 heterocycles. The van der Waals surface area contributed by atoms with Gasteiger partial charge in [-0.25, -0.2) is 21.9 Å². The monoisotopic (exact) mass is 418 g/mol. The Bertz CT molecular complexity index is 1110. The number of hydrogen-bond donors (Lipinski definition) is 1. The number of halogens is 2. The van der Waals surface area contributed by atoms with E-state index in [9.17, 15) is 17.2 Å². The van der Waals surface area contributed by atoms with Crippen LogP contribution < -0.4 is 4.72 Å². The van der Waals surface area contributed by atoms with Crippen LogP contribution in [0.4, 0.5) is 8.78 Å². The van der Waals surface area contributed by atoms with Crippen LogP contribution in [-0.2, 0) is 16.6 Å². The van der Waals surface area contributed by atoms with Gasteiger partial charge in [-0.1, -0.05) is 12.8 Å². The van der Waals surface area contributed by atoms with E-state index in [1.54, 1.807) is 12.4 Å². The average Bonchev–Trinajstić information content (AvgIpc) is 3.38. The van der Waals surface area contributed by atoms with E-state index in [4.69, 9.17) is 0 Å². The minimum Gasteiger partial charge on any atom is -0.265 e. The molecule has 0 aliphatic heterocycles. The van der Waals surface area contributed by atoms with Crippen LogP contribution in [0.3, 0.4) is 0 Å². The molecule has 1 fully saturated rings. The highest BCUT2D eigenvalue weighted by molar-refractivity contribution is 7.89. The summed E-state index contributed by atoms with van der Waals surface area (Å²) in [6.07, 6.45) is 7.66. The molecule has 9 heteroatoms. The average molecular weight is 418 g/mol. The number of rotatable bonds is 6. The maximum atomic E-state index is 13.9. The third kappa shape index (κ3) is 4.20. The third-order valence-electron chi connectivity index (χ3n) is 5.06. The second kappa shape index (κ2) is 8.00. The molecule has 4 rings (SSSR count). The summed E-state index contributed by atoms with van der Waals surface area (Å²) in [7, 11) is -4.22. The van der Waals surface area contributed by atoms with Crippen molar-refractivity contribution in [3.63, 3.8) is 0 Å². The van der Waals surface area contributed by atoms with Crippen molar-refractivity contribution in [2.24, 2.45) is 0 Å². The third-order valence-corrected chi connectivity index (χ3v) is 6.48. The Balaban J connectivity index is 1.61. The summed E-state index contributed by atoms with van der Waals surface area (Å²) in [5.74, 6) is -1.83. The molecule has 6 nitrogen and oxygen atoms in total. The zero-order valence-electron chi connectivity index (χ0n) is 15.6. The van der Waals surface area contributed by atoms with Gasteiger partial charge in [0.2, 0.25) is 10.0 Å². The molecule has 0 bridgehead atoms. The zero-order valence-corrected chi connectivity index (χ0v) is 16.4.